The summed E-state index contributed by atoms with van der Waals surface area (Å²) in [7, 11) is -3.61. The Morgan fingerprint density at radius 3 is 2.33 bits per heavy atom. The number of fused-ring (bicyclic) bond motifs is 1. The lowest BCUT2D eigenvalue weighted by Gasteiger charge is -2.35. The average Bonchev–Trinajstić information content (AvgIpc) is 3.74. The molecule has 3 aliphatic rings. The predicted octanol–water partition coefficient (Wildman–Crippen LogP) is 6.61. The molecule has 0 radical (unpaired) electrons. The van der Waals surface area contributed by atoms with Crippen molar-refractivity contribution in [3.8, 4) is 0 Å². The molecule has 1 amide bonds. The number of anilines is 1. The number of likely N-dealkylation sites (tertiary alicyclic amines) is 1. The molecule has 12 heteroatoms. The first kappa shape index (κ1) is 31.8. The molecule has 1 aliphatic heterocycles. The number of piperidine rings is 1. The number of nitrogens with one attached hydrogen (secondary N) is 1. The predicted molar refractivity (Wildman–Crippen MR) is 173 cm³/mol. The van der Waals surface area contributed by atoms with Crippen LogP contribution in [-0.4, -0.2) is 58.2 Å². The number of carbonyl (C=O) groups excluding carboxylic acids is 2. The number of hydrogen-bond donors (Lipinski definition) is 1. The van der Waals surface area contributed by atoms with Crippen LogP contribution in [0.25, 0.3) is 5.65 Å². The van der Waals surface area contributed by atoms with Gasteiger partial charge in [0.05, 0.1) is 35.2 Å². The van der Waals surface area contributed by atoms with Gasteiger partial charge in [-0.05, 0) is 103 Å². The summed E-state index contributed by atoms with van der Waals surface area (Å²) in [5, 5.41) is 5.44. The molecule has 45 heavy (non-hydrogen) atoms. The van der Waals surface area contributed by atoms with Crippen molar-refractivity contribution in [2.45, 2.75) is 102 Å². The minimum atomic E-state index is -3.61. The summed E-state index contributed by atoms with van der Waals surface area (Å²) in [6, 6.07) is 8.52. The molecule has 1 aromatic carbocycles. The zero-order chi connectivity index (χ0) is 32.1. The molecule has 1 saturated heterocycles. The molecule has 0 unspecified atom stereocenters. The Labute approximate surface area is 269 Å². The van der Waals surface area contributed by atoms with Crippen molar-refractivity contribution in [3.63, 3.8) is 0 Å². The molecule has 3 aromatic rings. The van der Waals surface area contributed by atoms with Crippen molar-refractivity contribution in [2.75, 3.05) is 17.5 Å². The van der Waals surface area contributed by atoms with Crippen molar-refractivity contribution < 1.29 is 22.7 Å². The van der Waals surface area contributed by atoms with Crippen molar-refractivity contribution in [1.29, 1.82) is 0 Å². The fourth-order valence-corrected chi connectivity index (χ4v) is 7.46. The molecule has 0 spiro atoms. The molecule has 1 N–H and O–H groups in total. The molecule has 0 bridgehead atoms. The van der Waals surface area contributed by atoms with E-state index in [0.717, 1.165) is 86.8 Å². The second kappa shape index (κ2) is 12.2. The Hall–Kier alpha value is -3.18. The highest BCUT2D eigenvalue weighted by atomic mass is 35.5. The molecule has 242 valence electrons. The smallest absolute Gasteiger partial charge is 0.309 e. The van der Waals surface area contributed by atoms with Crippen LogP contribution in [0, 0.1) is 5.92 Å². The number of hydrogen-bond acceptors (Lipinski definition) is 7. The number of benzene rings is 1. The van der Waals surface area contributed by atoms with Gasteiger partial charge in [0.25, 0.3) is 5.91 Å². The van der Waals surface area contributed by atoms with E-state index in [1.165, 1.54) is 12.1 Å². The first-order valence-electron chi connectivity index (χ1n) is 16.0. The lowest BCUT2D eigenvalue weighted by atomic mass is 9.80. The summed E-state index contributed by atoms with van der Waals surface area (Å²) >= 11 is 6.27. The molecular weight excluding hydrogens is 614 g/mol. The quantitative estimate of drug-likeness (QED) is 0.284. The minimum absolute atomic E-state index is 0.0933. The standard InChI is InChI=1S/C33H42ClN5O5S/c1-33(2,3)44-32(41)22-12-10-21(11-13-22)29-18-26(20-8-9-20)35-30-19-27(36-39(29)30)28-7-5-6-16-38(28)31(40)24-17-23(34)14-15-25(24)37-45(4,42)43/h14-15,17-22,28,37H,5-13,16H2,1-4H3/t21?,22?,28-/m0/s1. The van der Waals surface area contributed by atoms with E-state index < -0.39 is 15.6 Å². The number of rotatable bonds is 7. The molecule has 2 aromatic heterocycles. The van der Waals surface area contributed by atoms with E-state index in [0.29, 0.717) is 17.5 Å². The number of aromatic nitrogens is 3. The van der Waals surface area contributed by atoms with Crippen LogP contribution in [0.1, 0.15) is 124 Å². The molecule has 1 atom stereocenters. The Bertz CT molecular complexity index is 1720. The largest absolute Gasteiger partial charge is 0.460 e. The van der Waals surface area contributed by atoms with Crippen molar-refractivity contribution in [1.82, 2.24) is 19.5 Å². The number of ether oxygens (including phenoxy) is 1. The highest BCUT2D eigenvalue weighted by Gasteiger charge is 2.36. The SMILES string of the molecule is CC(C)(C)OC(=O)C1CCC(c2cc(C3CC3)nc3cc([C@@H]4CCCCN4C(=O)c4cc(Cl)ccc4NS(C)(=O)=O)nn23)CC1. The summed E-state index contributed by atoms with van der Waals surface area (Å²) in [5.41, 5.74) is 3.66. The fraction of sp³-hybridized carbons (Fsp3) is 0.576. The van der Waals surface area contributed by atoms with E-state index in [2.05, 4.69) is 10.8 Å². The van der Waals surface area contributed by atoms with Gasteiger partial charge in [0.15, 0.2) is 5.65 Å². The van der Waals surface area contributed by atoms with Gasteiger partial charge in [0, 0.05) is 40.9 Å². The highest BCUT2D eigenvalue weighted by Crippen LogP contribution is 2.43. The van der Waals surface area contributed by atoms with Crippen LogP contribution >= 0.6 is 11.6 Å². The van der Waals surface area contributed by atoms with Crippen molar-refractivity contribution in [2.24, 2.45) is 5.92 Å². The zero-order valence-corrected chi connectivity index (χ0v) is 28.0. The van der Waals surface area contributed by atoms with Crippen LogP contribution in [0.15, 0.2) is 30.3 Å². The van der Waals surface area contributed by atoms with Crippen molar-refractivity contribution in [3.05, 3.63) is 58.0 Å². The number of halogens is 1. The Morgan fingerprint density at radius 1 is 0.956 bits per heavy atom. The lowest BCUT2D eigenvalue weighted by molar-refractivity contribution is -0.161. The van der Waals surface area contributed by atoms with Crippen LogP contribution < -0.4 is 4.72 Å². The number of carbonyl (C=O) groups is 2. The zero-order valence-electron chi connectivity index (χ0n) is 26.4. The maximum Gasteiger partial charge on any atom is 0.309 e. The minimum Gasteiger partial charge on any atom is -0.460 e. The van der Waals surface area contributed by atoms with Gasteiger partial charge in [-0.25, -0.2) is 17.9 Å². The Kier molecular flexibility index (Phi) is 8.62. The van der Waals surface area contributed by atoms with E-state index in [1.807, 2.05) is 31.4 Å². The van der Waals surface area contributed by atoms with E-state index in [4.69, 9.17) is 26.4 Å². The second-order valence-electron chi connectivity index (χ2n) is 13.9. The molecular formula is C33H42ClN5O5S. The Morgan fingerprint density at radius 2 is 1.67 bits per heavy atom. The summed E-state index contributed by atoms with van der Waals surface area (Å²) < 4.78 is 34.2. The first-order chi connectivity index (χ1) is 21.3. The van der Waals surface area contributed by atoms with Crippen LogP contribution in [0.2, 0.25) is 5.02 Å². The van der Waals surface area contributed by atoms with Gasteiger partial charge in [-0.2, -0.15) is 5.10 Å². The monoisotopic (exact) mass is 655 g/mol. The summed E-state index contributed by atoms with van der Waals surface area (Å²) in [5.74, 6) is 0.195. The third-order valence-corrected chi connectivity index (χ3v) is 9.81. The third kappa shape index (κ3) is 7.30. The molecule has 10 nitrogen and oxygen atoms in total. The van der Waals surface area contributed by atoms with Crippen LogP contribution in [0.3, 0.4) is 0 Å². The number of nitrogens with zero attached hydrogens (tertiary/aromatic N) is 4. The molecule has 3 heterocycles. The van der Waals surface area contributed by atoms with Crippen LogP contribution in [0.4, 0.5) is 5.69 Å². The Balaban J connectivity index is 1.30. The highest BCUT2D eigenvalue weighted by molar-refractivity contribution is 7.92. The average molecular weight is 656 g/mol. The van der Waals surface area contributed by atoms with Crippen molar-refractivity contribution >= 4 is 44.8 Å². The van der Waals surface area contributed by atoms with Gasteiger partial charge >= 0.3 is 5.97 Å². The summed E-state index contributed by atoms with van der Waals surface area (Å²) in [6.45, 7) is 6.23. The molecule has 3 fully saturated rings. The van der Waals surface area contributed by atoms with Gasteiger partial charge in [-0.15, -0.1) is 0 Å². The maximum absolute atomic E-state index is 14.0. The van der Waals surface area contributed by atoms with E-state index in [1.54, 1.807) is 11.0 Å². The van der Waals surface area contributed by atoms with Gasteiger partial charge in [0.2, 0.25) is 10.0 Å². The third-order valence-electron chi connectivity index (χ3n) is 8.99. The molecule has 2 saturated carbocycles. The van der Waals surface area contributed by atoms with Gasteiger partial charge in [-0.3, -0.25) is 14.3 Å². The van der Waals surface area contributed by atoms with Gasteiger partial charge < -0.3 is 9.64 Å². The second-order valence-corrected chi connectivity index (χ2v) is 16.1. The molecule has 2 aliphatic carbocycles. The lowest BCUT2D eigenvalue weighted by Crippen LogP contribution is -2.39. The maximum atomic E-state index is 14.0. The van der Waals surface area contributed by atoms with Gasteiger partial charge in [0.1, 0.15) is 5.60 Å². The molecule has 6 rings (SSSR count). The first-order valence-corrected chi connectivity index (χ1v) is 18.2. The fourth-order valence-electron chi connectivity index (χ4n) is 6.71. The number of amides is 1. The van der Waals surface area contributed by atoms with E-state index >= 15 is 0 Å². The van der Waals surface area contributed by atoms with Crippen LogP contribution in [0.5, 0.6) is 0 Å². The summed E-state index contributed by atoms with van der Waals surface area (Å²) in [4.78, 5) is 33.6. The summed E-state index contributed by atoms with van der Waals surface area (Å²) in [6.07, 6.45) is 9.08. The number of esters is 1. The number of sulfonamides is 1. The van der Waals surface area contributed by atoms with Crippen LogP contribution in [-0.2, 0) is 19.6 Å². The normalized spacial score (nSPS) is 22.8. The topological polar surface area (TPSA) is 123 Å². The van der Waals surface area contributed by atoms with E-state index in [9.17, 15) is 18.0 Å². The van der Waals surface area contributed by atoms with Gasteiger partial charge in [-0.1, -0.05) is 11.6 Å². The van der Waals surface area contributed by atoms with E-state index in [-0.39, 0.29) is 41.0 Å².